The quantitative estimate of drug-likeness (QED) is 0.781. The van der Waals surface area contributed by atoms with Gasteiger partial charge in [-0.25, -0.2) is 0 Å². The molecule has 2 aromatic rings. The van der Waals surface area contributed by atoms with Crippen molar-refractivity contribution in [2.45, 2.75) is 39.2 Å². The first-order valence-electron chi connectivity index (χ1n) is 7.38. The minimum atomic E-state index is 0.134. The van der Waals surface area contributed by atoms with E-state index in [2.05, 4.69) is 43.4 Å². The van der Waals surface area contributed by atoms with Gasteiger partial charge in [-0.1, -0.05) is 56.7 Å². The largest absolute Gasteiger partial charge is 0.508 e. The summed E-state index contributed by atoms with van der Waals surface area (Å²) in [6, 6.07) is 16.1. The molecule has 0 amide bonds. The zero-order valence-electron chi connectivity index (χ0n) is 12.3. The van der Waals surface area contributed by atoms with Crippen molar-refractivity contribution in [2.75, 3.05) is 5.32 Å². The smallest absolute Gasteiger partial charge is 0.120 e. The zero-order valence-corrected chi connectivity index (χ0v) is 12.3. The average Bonchev–Trinajstić information content (AvgIpc) is 2.47. The molecule has 0 saturated carbocycles. The van der Waals surface area contributed by atoms with Crippen molar-refractivity contribution >= 4 is 5.69 Å². The number of phenolic OH excluding ortho intramolecular Hbond substituents is 1. The third kappa shape index (κ3) is 3.32. The molecule has 2 nitrogen and oxygen atoms in total. The second-order valence-corrected chi connectivity index (χ2v) is 5.07. The van der Waals surface area contributed by atoms with Gasteiger partial charge in [-0.3, -0.25) is 0 Å². The Balaban J connectivity index is 2.25. The summed E-state index contributed by atoms with van der Waals surface area (Å²) in [6.07, 6.45) is 3.13. The Morgan fingerprint density at radius 3 is 2.40 bits per heavy atom. The van der Waals surface area contributed by atoms with Gasteiger partial charge in [-0.05, 0) is 30.5 Å². The van der Waals surface area contributed by atoms with Crippen LogP contribution in [0.3, 0.4) is 0 Å². The molecule has 0 saturated heterocycles. The highest BCUT2D eigenvalue weighted by atomic mass is 16.3. The van der Waals surface area contributed by atoms with Crippen molar-refractivity contribution in [1.29, 1.82) is 0 Å². The number of hydrogen-bond donors (Lipinski definition) is 2. The molecule has 2 aromatic carbocycles. The molecule has 0 heterocycles. The molecule has 0 aliphatic carbocycles. The summed E-state index contributed by atoms with van der Waals surface area (Å²) in [5.74, 6) is 0.361. The van der Waals surface area contributed by atoms with Gasteiger partial charge in [0.15, 0.2) is 0 Å². The number of para-hydroxylation sites is 2. The molecule has 1 unspecified atom stereocenters. The van der Waals surface area contributed by atoms with Crippen molar-refractivity contribution in [3.05, 3.63) is 59.7 Å². The molecule has 0 bridgehead atoms. The molecule has 20 heavy (non-hydrogen) atoms. The minimum absolute atomic E-state index is 0.134. The molecule has 0 radical (unpaired) electrons. The predicted octanol–water partition coefficient (Wildman–Crippen LogP) is 4.91. The van der Waals surface area contributed by atoms with Crippen molar-refractivity contribution < 1.29 is 5.11 Å². The molecular formula is C18H23NO. The highest BCUT2D eigenvalue weighted by molar-refractivity contribution is 5.53. The Morgan fingerprint density at radius 1 is 1.00 bits per heavy atom. The Hall–Kier alpha value is -1.96. The topological polar surface area (TPSA) is 32.3 Å². The number of aromatic hydroxyl groups is 1. The van der Waals surface area contributed by atoms with Gasteiger partial charge < -0.3 is 10.4 Å². The van der Waals surface area contributed by atoms with E-state index in [0.29, 0.717) is 5.75 Å². The number of hydrogen-bond acceptors (Lipinski definition) is 2. The van der Waals surface area contributed by atoms with Crippen molar-refractivity contribution in [3.63, 3.8) is 0 Å². The van der Waals surface area contributed by atoms with Crippen molar-refractivity contribution in [2.24, 2.45) is 0 Å². The lowest BCUT2D eigenvalue weighted by Crippen LogP contribution is -2.11. The Labute approximate surface area is 121 Å². The molecule has 1 atom stereocenters. The molecule has 0 aromatic heterocycles. The highest BCUT2D eigenvalue weighted by Crippen LogP contribution is 2.30. The van der Waals surface area contributed by atoms with Crippen LogP contribution in [0.5, 0.6) is 5.75 Å². The third-order valence-corrected chi connectivity index (χ3v) is 3.59. The maximum Gasteiger partial charge on any atom is 0.120 e. The lowest BCUT2D eigenvalue weighted by Gasteiger charge is -2.21. The average molecular weight is 269 g/mol. The second-order valence-electron chi connectivity index (χ2n) is 5.07. The summed E-state index contributed by atoms with van der Waals surface area (Å²) in [7, 11) is 0. The van der Waals surface area contributed by atoms with Crippen LogP contribution in [0.4, 0.5) is 5.69 Å². The SMILES string of the molecule is CCCc1ccccc1NC(CC)c1ccccc1O. The van der Waals surface area contributed by atoms with Crippen LogP contribution in [-0.2, 0) is 6.42 Å². The van der Waals surface area contributed by atoms with E-state index in [1.54, 1.807) is 6.07 Å². The van der Waals surface area contributed by atoms with Gasteiger partial charge in [-0.15, -0.1) is 0 Å². The lowest BCUT2D eigenvalue weighted by molar-refractivity contribution is 0.462. The van der Waals surface area contributed by atoms with E-state index in [-0.39, 0.29) is 6.04 Å². The first kappa shape index (κ1) is 14.4. The van der Waals surface area contributed by atoms with Gasteiger partial charge in [0.05, 0.1) is 6.04 Å². The molecule has 2 N–H and O–H groups in total. The molecule has 0 aliphatic heterocycles. The fourth-order valence-corrected chi connectivity index (χ4v) is 2.52. The lowest BCUT2D eigenvalue weighted by atomic mass is 10.0. The van der Waals surface area contributed by atoms with Crippen LogP contribution in [-0.4, -0.2) is 5.11 Å². The van der Waals surface area contributed by atoms with Crippen LogP contribution >= 0.6 is 0 Å². The number of phenols is 1. The fourth-order valence-electron chi connectivity index (χ4n) is 2.52. The zero-order chi connectivity index (χ0) is 14.4. The molecule has 0 spiro atoms. The van der Waals surface area contributed by atoms with Crippen molar-refractivity contribution in [1.82, 2.24) is 0 Å². The first-order chi connectivity index (χ1) is 9.76. The van der Waals surface area contributed by atoms with Gasteiger partial charge in [-0.2, -0.15) is 0 Å². The summed E-state index contributed by atoms with van der Waals surface area (Å²) in [6.45, 7) is 4.32. The van der Waals surface area contributed by atoms with Gasteiger partial charge in [0.1, 0.15) is 5.75 Å². The molecule has 2 heteroatoms. The van der Waals surface area contributed by atoms with E-state index in [0.717, 1.165) is 24.8 Å². The summed E-state index contributed by atoms with van der Waals surface area (Å²) in [5.41, 5.74) is 3.47. The standard InChI is InChI=1S/C18H23NO/c1-3-9-14-10-5-7-12-17(14)19-16(4-2)15-11-6-8-13-18(15)20/h5-8,10-13,16,19-20H,3-4,9H2,1-2H3. The summed E-state index contributed by atoms with van der Waals surface area (Å²) >= 11 is 0. The maximum absolute atomic E-state index is 10.0. The van der Waals surface area contributed by atoms with E-state index < -0.39 is 0 Å². The molecule has 2 rings (SSSR count). The van der Waals surface area contributed by atoms with Crippen LogP contribution in [0.2, 0.25) is 0 Å². The highest BCUT2D eigenvalue weighted by Gasteiger charge is 2.14. The first-order valence-corrected chi connectivity index (χ1v) is 7.38. The summed E-state index contributed by atoms with van der Waals surface area (Å²) in [4.78, 5) is 0. The van der Waals surface area contributed by atoms with E-state index in [4.69, 9.17) is 0 Å². The van der Waals surface area contributed by atoms with Gasteiger partial charge in [0.2, 0.25) is 0 Å². The van der Waals surface area contributed by atoms with Crippen LogP contribution in [0.25, 0.3) is 0 Å². The van der Waals surface area contributed by atoms with Gasteiger partial charge in [0, 0.05) is 11.3 Å². The molecule has 0 aliphatic rings. The molecule has 106 valence electrons. The monoisotopic (exact) mass is 269 g/mol. The van der Waals surface area contributed by atoms with E-state index >= 15 is 0 Å². The molecular weight excluding hydrogens is 246 g/mol. The second kappa shape index (κ2) is 6.99. The predicted molar refractivity (Wildman–Crippen MR) is 85.2 cm³/mol. The minimum Gasteiger partial charge on any atom is -0.508 e. The van der Waals surface area contributed by atoms with Crippen LogP contribution < -0.4 is 5.32 Å². The Morgan fingerprint density at radius 2 is 1.70 bits per heavy atom. The van der Waals surface area contributed by atoms with Gasteiger partial charge in [0.25, 0.3) is 0 Å². The Bertz CT molecular complexity index is 551. The fraction of sp³-hybridized carbons (Fsp3) is 0.333. The third-order valence-electron chi connectivity index (χ3n) is 3.59. The van der Waals surface area contributed by atoms with Crippen LogP contribution in [0.1, 0.15) is 43.9 Å². The normalized spacial score (nSPS) is 12.1. The van der Waals surface area contributed by atoms with Crippen LogP contribution in [0.15, 0.2) is 48.5 Å². The molecule has 0 fully saturated rings. The number of rotatable bonds is 6. The van der Waals surface area contributed by atoms with Crippen LogP contribution in [0, 0.1) is 0 Å². The number of aryl methyl sites for hydroxylation is 1. The Kier molecular flexibility index (Phi) is 5.05. The number of nitrogens with one attached hydrogen (secondary N) is 1. The van der Waals surface area contributed by atoms with E-state index in [1.165, 1.54) is 11.3 Å². The number of benzene rings is 2. The summed E-state index contributed by atoms with van der Waals surface area (Å²) in [5, 5.41) is 13.6. The van der Waals surface area contributed by atoms with E-state index in [1.807, 2.05) is 18.2 Å². The number of anilines is 1. The maximum atomic E-state index is 10.0. The van der Waals surface area contributed by atoms with E-state index in [9.17, 15) is 5.11 Å². The van der Waals surface area contributed by atoms with Gasteiger partial charge >= 0.3 is 0 Å². The van der Waals surface area contributed by atoms with Crippen molar-refractivity contribution in [3.8, 4) is 5.75 Å². The summed E-state index contributed by atoms with van der Waals surface area (Å²) < 4.78 is 0.